The van der Waals surface area contributed by atoms with Crippen molar-refractivity contribution in [2.45, 2.75) is 6.54 Å². The quantitative estimate of drug-likeness (QED) is 0.696. The molecule has 0 aliphatic carbocycles. The molecule has 0 saturated carbocycles. The maximum atomic E-state index is 5.52. The van der Waals surface area contributed by atoms with E-state index in [2.05, 4.69) is 25.5 Å². The molecule has 7 nitrogen and oxygen atoms in total. The van der Waals surface area contributed by atoms with Crippen molar-refractivity contribution < 1.29 is 0 Å². The Bertz CT molecular complexity index is 641. The zero-order valence-corrected chi connectivity index (χ0v) is 9.48. The maximum absolute atomic E-state index is 5.52. The van der Waals surface area contributed by atoms with Gasteiger partial charge in [-0.2, -0.15) is 0 Å². The van der Waals surface area contributed by atoms with E-state index in [4.69, 9.17) is 5.73 Å². The van der Waals surface area contributed by atoms with Crippen LogP contribution < -0.4 is 5.73 Å². The Kier molecular flexibility index (Phi) is 2.58. The van der Waals surface area contributed by atoms with Gasteiger partial charge in [0.15, 0.2) is 0 Å². The summed E-state index contributed by atoms with van der Waals surface area (Å²) in [6, 6.07) is 7.83. The molecule has 0 aliphatic heterocycles. The zero-order chi connectivity index (χ0) is 12.4. The number of nitrogens with one attached hydrogen (secondary N) is 1. The van der Waals surface area contributed by atoms with Crippen LogP contribution in [0.3, 0.4) is 0 Å². The van der Waals surface area contributed by atoms with Crippen molar-refractivity contribution in [3.05, 3.63) is 42.6 Å². The first-order chi connectivity index (χ1) is 8.86. The van der Waals surface area contributed by atoms with Crippen LogP contribution in [-0.4, -0.2) is 30.2 Å². The second-order valence-corrected chi connectivity index (χ2v) is 3.75. The minimum atomic E-state index is 0.396. The van der Waals surface area contributed by atoms with Crippen LogP contribution in [0.25, 0.3) is 16.9 Å². The van der Waals surface area contributed by atoms with Crippen LogP contribution in [-0.2, 0) is 6.54 Å². The first-order valence-corrected chi connectivity index (χ1v) is 5.44. The van der Waals surface area contributed by atoms with Crippen LogP contribution in [0.5, 0.6) is 0 Å². The van der Waals surface area contributed by atoms with Gasteiger partial charge in [0.2, 0.25) is 0 Å². The number of tetrazole rings is 1. The lowest BCUT2D eigenvalue weighted by Crippen LogP contribution is -1.98. The van der Waals surface area contributed by atoms with Crippen molar-refractivity contribution in [3.8, 4) is 16.9 Å². The summed E-state index contributed by atoms with van der Waals surface area (Å²) < 4.78 is 1.60. The summed E-state index contributed by atoms with van der Waals surface area (Å²) >= 11 is 0. The Morgan fingerprint density at radius 1 is 1.33 bits per heavy atom. The number of aromatic amines is 1. The standard InChI is InChI=1S/C11H11N7/c12-5-11-13-6-10(15-11)8-2-1-3-9(4-8)18-7-14-16-17-18/h1-4,6-7H,5,12H2,(H,13,15). The van der Waals surface area contributed by atoms with Gasteiger partial charge in [0, 0.05) is 5.56 Å². The minimum Gasteiger partial charge on any atom is -0.341 e. The molecule has 1 aromatic carbocycles. The maximum Gasteiger partial charge on any atom is 0.143 e. The van der Waals surface area contributed by atoms with Crippen LogP contribution in [0, 0.1) is 0 Å². The number of hydrogen-bond donors (Lipinski definition) is 2. The highest BCUT2D eigenvalue weighted by Crippen LogP contribution is 2.19. The lowest BCUT2D eigenvalue weighted by Gasteiger charge is -2.02. The average molecular weight is 241 g/mol. The van der Waals surface area contributed by atoms with Crippen LogP contribution in [0.2, 0.25) is 0 Å². The topological polar surface area (TPSA) is 98.3 Å². The van der Waals surface area contributed by atoms with Crippen molar-refractivity contribution in [1.82, 2.24) is 30.2 Å². The zero-order valence-electron chi connectivity index (χ0n) is 9.48. The Morgan fingerprint density at radius 2 is 2.28 bits per heavy atom. The molecule has 0 radical (unpaired) electrons. The number of rotatable bonds is 3. The average Bonchev–Trinajstić information content (AvgIpc) is 3.10. The van der Waals surface area contributed by atoms with E-state index in [-0.39, 0.29) is 0 Å². The fourth-order valence-electron chi connectivity index (χ4n) is 1.71. The summed E-state index contributed by atoms with van der Waals surface area (Å²) in [5.41, 5.74) is 8.35. The molecule has 2 aromatic heterocycles. The molecule has 90 valence electrons. The number of nitrogens with zero attached hydrogens (tertiary/aromatic N) is 5. The van der Waals surface area contributed by atoms with E-state index >= 15 is 0 Å². The van der Waals surface area contributed by atoms with Gasteiger partial charge in [0.25, 0.3) is 0 Å². The second-order valence-electron chi connectivity index (χ2n) is 3.75. The highest BCUT2D eigenvalue weighted by Gasteiger charge is 2.04. The summed E-state index contributed by atoms with van der Waals surface area (Å²) in [6.07, 6.45) is 3.32. The molecule has 3 rings (SSSR count). The predicted molar refractivity (Wildman–Crippen MR) is 64.6 cm³/mol. The van der Waals surface area contributed by atoms with Gasteiger partial charge >= 0.3 is 0 Å². The van der Waals surface area contributed by atoms with Gasteiger partial charge in [-0.25, -0.2) is 9.67 Å². The summed E-state index contributed by atoms with van der Waals surface area (Å²) in [5, 5.41) is 11.1. The predicted octanol–water partition coefficient (Wildman–Crippen LogP) is 0.511. The Morgan fingerprint density at radius 3 is 3.00 bits per heavy atom. The molecule has 3 aromatic rings. The Balaban J connectivity index is 2.00. The molecule has 0 amide bonds. The van der Waals surface area contributed by atoms with Crippen molar-refractivity contribution in [2.24, 2.45) is 5.73 Å². The lowest BCUT2D eigenvalue weighted by molar-refractivity contribution is 0.789. The third-order valence-electron chi connectivity index (χ3n) is 2.59. The number of imidazole rings is 1. The summed E-state index contributed by atoms with van der Waals surface area (Å²) in [4.78, 5) is 7.33. The molecule has 3 N–H and O–H groups in total. The lowest BCUT2D eigenvalue weighted by atomic mass is 10.1. The van der Waals surface area contributed by atoms with E-state index in [0.717, 1.165) is 22.8 Å². The molecule has 0 saturated heterocycles. The van der Waals surface area contributed by atoms with Crippen molar-refractivity contribution >= 4 is 0 Å². The molecule has 0 spiro atoms. The smallest absolute Gasteiger partial charge is 0.143 e. The summed E-state index contributed by atoms with van der Waals surface area (Å²) in [7, 11) is 0. The molecular formula is C11H11N7. The number of nitrogens with two attached hydrogens (primary N) is 1. The number of aromatic nitrogens is 6. The van der Waals surface area contributed by atoms with E-state index in [1.807, 2.05) is 24.3 Å². The normalized spacial score (nSPS) is 10.7. The Hall–Kier alpha value is -2.54. The fraction of sp³-hybridized carbons (Fsp3) is 0.0909. The molecule has 7 heteroatoms. The molecule has 0 bridgehead atoms. The largest absolute Gasteiger partial charge is 0.341 e. The molecule has 0 atom stereocenters. The SMILES string of the molecule is NCc1ncc(-c2cccc(-n3cnnn3)c2)[nH]1. The fourth-order valence-corrected chi connectivity index (χ4v) is 1.71. The van der Waals surface area contributed by atoms with Crippen LogP contribution in [0.1, 0.15) is 5.82 Å². The van der Waals surface area contributed by atoms with Gasteiger partial charge in [0.05, 0.1) is 24.1 Å². The molecule has 0 aliphatic rings. The second kappa shape index (κ2) is 4.38. The molecule has 2 heterocycles. The molecule has 18 heavy (non-hydrogen) atoms. The first-order valence-electron chi connectivity index (χ1n) is 5.44. The van der Waals surface area contributed by atoms with Gasteiger partial charge in [-0.15, -0.1) is 5.10 Å². The van der Waals surface area contributed by atoms with Gasteiger partial charge in [-0.1, -0.05) is 12.1 Å². The van der Waals surface area contributed by atoms with E-state index in [1.165, 1.54) is 0 Å². The van der Waals surface area contributed by atoms with Crippen LogP contribution in [0.4, 0.5) is 0 Å². The van der Waals surface area contributed by atoms with Gasteiger partial charge in [-0.3, -0.25) is 0 Å². The van der Waals surface area contributed by atoms with Crippen LogP contribution >= 0.6 is 0 Å². The third kappa shape index (κ3) is 1.87. The van der Waals surface area contributed by atoms with E-state index in [1.54, 1.807) is 17.2 Å². The monoisotopic (exact) mass is 241 g/mol. The highest BCUT2D eigenvalue weighted by atomic mass is 15.5. The van der Waals surface area contributed by atoms with Crippen molar-refractivity contribution in [2.75, 3.05) is 0 Å². The van der Waals surface area contributed by atoms with Gasteiger partial charge < -0.3 is 10.7 Å². The first kappa shape index (κ1) is 10.6. The van der Waals surface area contributed by atoms with Gasteiger partial charge in [0.1, 0.15) is 12.2 Å². The molecular weight excluding hydrogens is 230 g/mol. The number of benzene rings is 1. The van der Waals surface area contributed by atoms with E-state index < -0.39 is 0 Å². The number of hydrogen-bond acceptors (Lipinski definition) is 5. The Labute approximate surface area is 103 Å². The van der Waals surface area contributed by atoms with Crippen LogP contribution in [0.15, 0.2) is 36.8 Å². The van der Waals surface area contributed by atoms with E-state index in [0.29, 0.717) is 6.54 Å². The molecule has 0 unspecified atom stereocenters. The summed E-state index contributed by atoms with van der Waals surface area (Å²) in [5.74, 6) is 0.762. The third-order valence-corrected chi connectivity index (χ3v) is 2.59. The number of H-pyrrole nitrogens is 1. The molecule has 0 fully saturated rings. The summed E-state index contributed by atoms with van der Waals surface area (Å²) in [6.45, 7) is 0.396. The minimum absolute atomic E-state index is 0.396. The van der Waals surface area contributed by atoms with E-state index in [9.17, 15) is 0 Å². The highest BCUT2D eigenvalue weighted by molar-refractivity contribution is 5.61. The van der Waals surface area contributed by atoms with Gasteiger partial charge in [-0.05, 0) is 22.6 Å². The van der Waals surface area contributed by atoms with Crippen molar-refractivity contribution in [1.29, 1.82) is 0 Å². The van der Waals surface area contributed by atoms with Crippen molar-refractivity contribution in [3.63, 3.8) is 0 Å².